The number of fused-ring (bicyclic) bond motifs is 1. The number of nitrogens with zero attached hydrogens (tertiary/aromatic N) is 2. The molecule has 0 aliphatic carbocycles. The lowest BCUT2D eigenvalue weighted by atomic mass is 10.2. The Balaban J connectivity index is 2.54. The maximum atomic E-state index is 8.96. The second kappa shape index (κ2) is 5.07. The van der Waals surface area contributed by atoms with Crippen molar-refractivity contribution in [2.24, 2.45) is 0 Å². The largest absolute Gasteiger partial charge is 0.396 e. The van der Waals surface area contributed by atoms with Gasteiger partial charge in [-0.05, 0) is 24.6 Å². The van der Waals surface area contributed by atoms with E-state index in [9.17, 15) is 0 Å². The van der Waals surface area contributed by atoms with Crippen molar-refractivity contribution in [2.75, 3.05) is 6.61 Å². The van der Waals surface area contributed by atoms with Crippen molar-refractivity contribution >= 4 is 22.6 Å². The smallest absolute Gasteiger partial charge is 0.112 e. The molecule has 0 radical (unpaired) electrons. The number of aliphatic hydroxyl groups excluding tert-OH is 1. The van der Waals surface area contributed by atoms with Crippen LogP contribution in [0.4, 0.5) is 0 Å². The van der Waals surface area contributed by atoms with Crippen LogP contribution in [-0.4, -0.2) is 21.3 Å². The molecular formula is C13H17ClN2O. The zero-order valence-corrected chi connectivity index (χ0v) is 10.9. The summed E-state index contributed by atoms with van der Waals surface area (Å²) >= 11 is 5.97. The van der Waals surface area contributed by atoms with Gasteiger partial charge >= 0.3 is 0 Å². The van der Waals surface area contributed by atoms with Crippen LogP contribution in [0.5, 0.6) is 0 Å². The molecule has 17 heavy (non-hydrogen) atoms. The quantitative estimate of drug-likeness (QED) is 0.908. The van der Waals surface area contributed by atoms with Gasteiger partial charge in [0.2, 0.25) is 0 Å². The number of imidazole rings is 1. The van der Waals surface area contributed by atoms with Crippen molar-refractivity contribution in [1.29, 1.82) is 0 Å². The molecule has 0 unspecified atom stereocenters. The highest BCUT2D eigenvalue weighted by Gasteiger charge is 2.13. The topological polar surface area (TPSA) is 38.0 Å². The Kier molecular flexibility index (Phi) is 3.69. The fourth-order valence-electron chi connectivity index (χ4n) is 2.03. The van der Waals surface area contributed by atoms with E-state index in [1.165, 1.54) is 0 Å². The Hall–Kier alpha value is -1.06. The molecule has 0 spiro atoms. The second-order valence-corrected chi connectivity index (χ2v) is 4.92. The van der Waals surface area contributed by atoms with E-state index in [1.807, 2.05) is 18.2 Å². The molecule has 1 aromatic carbocycles. The fourth-order valence-corrected chi connectivity index (χ4v) is 2.19. The molecular weight excluding hydrogens is 236 g/mol. The van der Waals surface area contributed by atoms with Crippen molar-refractivity contribution in [1.82, 2.24) is 9.55 Å². The third-order valence-electron chi connectivity index (χ3n) is 2.80. The van der Waals surface area contributed by atoms with Crippen LogP contribution < -0.4 is 0 Å². The molecule has 2 aromatic rings. The van der Waals surface area contributed by atoms with Crippen molar-refractivity contribution in [3.05, 3.63) is 29.0 Å². The maximum Gasteiger partial charge on any atom is 0.112 e. The van der Waals surface area contributed by atoms with Gasteiger partial charge in [-0.15, -0.1) is 0 Å². The summed E-state index contributed by atoms with van der Waals surface area (Å²) in [5.74, 6) is 1.41. The summed E-state index contributed by atoms with van der Waals surface area (Å²) in [6.45, 7) is 5.24. The summed E-state index contributed by atoms with van der Waals surface area (Å²) in [4.78, 5) is 4.62. The SMILES string of the molecule is CC(C)c1nc2cc(Cl)ccc2n1CCCO. The van der Waals surface area contributed by atoms with E-state index in [4.69, 9.17) is 16.7 Å². The lowest BCUT2D eigenvalue weighted by molar-refractivity contribution is 0.279. The van der Waals surface area contributed by atoms with E-state index in [1.54, 1.807) is 0 Å². The van der Waals surface area contributed by atoms with Gasteiger partial charge in [0.25, 0.3) is 0 Å². The molecule has 4 heteroatoms. The standard InChI is InChI=1S/C13H17ClN2O/c1-9(2)13-15-11-8-10(14)4-5-12(11)16(13)6-3-7-17/h4-5,8-9,17H,3,6-7H2,1-2H3. The molecule has 1 heterocycles. The number of aryl methyl sites for hydroxylation is 1. The normalized spacial score (nSPS) is 11.6. The molecule has 1 N–H and O–H groups in total. The Morgan fingerprint density at radius 1 is 1.41 bits per heavy atom. The molecule has 0 bridgehead atoms. The van der Waals surface area contributed by atoms with Crippen LogP contribution >= 0.6 is 11.6 Å². The van der Waals surface area contributed by atoms with Gasteiger partial charge in [0.1, 0.15) is 5.82 Å². The minimum Gasteiger partial charge on any atom is -0.396 e. The summed E-state index contributed by atoms with van der Waals surface area (Å²) in [6.07, 6.45) is 0.744. The van der Waals surface area contributed by atoms with Crippen molar-refractivity contribution in [2.45, 2.75) is 32.7 Å². The van der Waals surface area contributed by atoms with Gasteiger partial charge in [0.05, 0.1) is 11.0 Å². The zero-order chi connectivity index (χ0) is 12.4. The third kappa shape index (κ3) is 2.45. The first-order valence-corrected chi connectivity index (χ1v) is 6.28. The molecule has 0 saturated carbocycles. The predicted octanol–water partition coefficient (Wildman–Crippen LogP) is 3.20. The number of aromatic nitrogens is 2. The van der Waals surface area contributed by atoms with Crippen LogP contribution in [0.2, 0.25) is 5.02 Å². The summed E-state index contributed by atoms with van der Waals surface area (Å²) in [5, 5.41) is 9.66. The van der Waals surface area contributed by atoms with E-state index in [2.05, 4.69) is 23.4 Å². The molecule has 2 rings (SSSR count). The molecule has 0 aliphatic heterocycles. The van der Waals surface area contributed by atoms with E-state index in [0.717, 1.165) is 29.8 Å². The summed E-state index contributed by atoms with van der Waals surface area (Å²) in [7, 11) is 0. The number of benzene rings is 1. The number of halogens is 1. The van der Waals surface area contributed by atoms with Gasteiger partial charge in [0.15, 0.2) is 0 Å². The van der Waals surface area contributed by atoms with Gasteiger partial charge in [-0.3, -0.25) is 0 Å². The Bertz CT molecular complexity index is 519. The molecule has 0 aliphatic rings. The molecule has 0 atom stereocenters. The predicted molar refractivity (Wildman–Crippen MR) is 70.5 cm³/mol. The van der Waals surface area contributed by atoms with Crippen molar-refractivity contribution in [3.63, 3.8) is 0 Å². The van der Waals surface area contributed by atoms with Crippen LogP contribution in [0.15, 0.2) is 18.2 Å². The highest BCUT2D eigenvalue weighted by molar-refractivity contribution is 6.31. The van der Waals surface area contributed by atoms with Gasteiger partial charge in [-0.1, -0.05) is 25.4 Å². The minimum atomic E-state index is 0.199. The molecule has 3 nitrogen and oxygen atoms in total. The molecule has 1 aromatic heterocycles. The van der Waals surface area contributed by atoms with Crippen LogP contribution in [0.1, 0.15) is 32.0 Å². The molecule has 92 valence electrons. The van der Waals surface area contributed by atoms with Gasteiger partial charge in [-0.2, -0.15) is 0 Å². The number of rotatable bonds is 4. The second-order valence-electron chi connectivity index (χ2n) is 4.49. The van der Waals surface area contributed by atoms with Crippen LogP contribution in [0.25, 0.3) is 11.0 Å². The lowest BCUT2D eigenvalue weighted by Crippen LogP contribution is -2.06. The first kappa shape index (κ1) is 12.4. The Morgan fingerprint density at radius 3 is 2.82 bits per heavy atom. The van der Waals surface area contributed by atoms with E-state index >= 15 is 0 Å². The van der Waals surface area contributed by atoms with Gasteiger partial charge in [-0.25, -0.2) is 4.98 Å². The van der Waals surface area contributed by atoms with Gasteiger partial charge in [0, 0.05) is 24.1 Å². The van der Waals surface area contributed by atoms with E-state index in [0.29, 0.717) is 10.9 Å². The first-order chi connectivity index (χ1) is 8.13. The Morgan fingerprint density at radius 2 is 2.18 bits per heavy atom. The number of hydrogen-bond donors (Lipinski definition) is 1. The maximum absolute atomic E-state index is 8.96. The summed E-state index contributed by atoms with van der Waals surface area (Å²) in [6, 6.07) is 5.76. The highest BCUT2D eigenvalue weighted by atomic mass is 35.5. The minimum absolute atomic E-state index is 0.199. The fraction of sp³-hybridized carbons (Fsp3) is 0.462. The van der Waals surface area contributed by atoms with Crippen LogP contribution in [-0.2, 0) is 6.54 Å². The van der Waals surface area contributed by atoms with Gasteiger partial charge < -0.3 is 9.67 Å². The van der Waals surface area contributed by atoms with Crippen LogP contribution in [0, 0.1) is 0 Å². The monoisotopic (exact) mass is 252 g/mol. The molecule has 0 fully saturated rings. The average Bonchev–Trinajstić information content (AvgIpc) is 2.64. The lowest BCUT2D eigenvalue weighted by Gasteiger charge is -2.10. The van der Waals surface area contributed by atoms with Crippen LogP contribution in [0.3, 0.4) is 0 Å². The molecule has 0 amide bonds. The highest BCUT2D eigenvalue weighted by Crippen LogP contribution is 2.24. The number of aliphatic hydroxyl groups is 1. The third-order valence-corrected chi connectivity index (χ3v) is 3.03. The van der Waals surface area contributed by atoms with E-state index < -0.39 is 0 Å². The summed E-state index contributed by atoms with van der Waals surface area (Å²) < 4.78 is 2.17. The van der Waals surface area contributed by atoms with Crippen molar-refractivity contribution < 1.29 is 5.11 Å². The van der Waals surface area contributed by atoms with Crippen molar-refractivity contribution in [3.8, 4) is 0 Å². The number of hydrogen-bond acceptors (Lipinski definition) is 2. The zero-order valence-electron chi connectivity index (χ0n) is 10.2. The first-order valence-electron chi connectivity index (χ1n) is 5.90. The molecule has 0 saturated heterocycles. The average molecular weight is 253 g/mol. The van der Waals surface area contributed by atoms with E-state index in [-0.39, 0.29) is 6.61 Å². The Labute approximate surface area is 106 Å². The summed E-state index contributed by atoms with van der Waals surface area (Å²) in [5.41, 5.74) is 2.02.